The quantitative estimate of drug-likeness (QED) is 0.340. The van der Waals surface area contributed by atoms with Crippen LogP contribution in [0, 0.1) is 5.92 Å². The smallest absolute Gasteiger partial charge is 0.407 e. The van der Waals surface area contributed by atoms with E-state index in [9.17, 15) is 29.4 Å². The molecule has 1 saturated carbocycles. The van der Waals surface area contributed by atoms with E-state index in [1.165, 1.54) is 16.8 Å². The Kier molecular flexibility index (Phi) is 9.87. The van der Waals surface area contributed by atoms with Crippen molar-refractivity contribution in [3.63, 3.8) is 0 Å². The van der Waals surface area contributed by atoms with E-state index in [0.29, 0.717) is 25.9 Å². The number of nitrogens with zero attached hydrogens (tertiary/aromatic N) is 2. The number of aromatic amines is 1. The predicted molar refractivity (Wildman–Crippen MR) is 140 cm³/mol. The van der Waals surface area contributed by atoms with E-state index in [-0.39, 0.29) is 25.3 Å². The molecule has 3 rings (SSSR count). The van der Waals surface area contributed by atoms with Gasteiger partial charge in [0.25, 0.3) is 5.56 Å². The molecule has 0 bridgehead atoms. The molecular formula is C27H38N4O7. The molecule has 0 spiro atoms. The molecular weight excluding hydrogens is 492 g/mol. The van der Waals surface area contributed by atoms with Crippen molar-refractivity contribution in [2.45, 2.75) is 76.9 Å². The first-order valence-corrected chi connectivity index (χ1v) is 12.9. The maximum absolute atomic E-state index is 13.2. The highest BCUT2D eigenvalue weighted by molar-refractivity contribution is 5.76. The minimum Gasteiger partial charge on any atom is -0.444 e. The van der Waals surface area contributed by atoms with Crippen LogP contribution in [-0.2, 0) is 16.1 Å². The molecule has 11 nitrogen and oxygen atoms in total. The Bertz CT molecular complexity index is 1190. The number of hydrogen-bond acceptors (Lipinski definition) is 7. The molecule has 0 unspecified atom stereocenters. The molecule has 1 aliphatic rings. The van der Waals surface area contributed by atoms with Gasteiger partial charge in [0, 0.05) is 44.2 Å². The third-order valence-corrected chi connectivity index (χ3v) is 6.49. The molecule has 1 aromatic carbocycles. The van der Waals surface area contributed by atoms with Gasteiger partial charge in [0.1, 0.15) is 11.7 Å². The lowest BCUT2D eigenvalue weighted by Gasteiger charge is -2.28. The molecule has 4 N–H and O–H groups in total. The van der Waals surface area contributed by atoms with Crippen LogP contribution in [0.25, 0.3) is 0 Å². The Morgan fingerprint density at radius 3 is 2.47 bits per heavy atom. The van der Waals surface area contributed by atoms with E-state index in [0.717, 1.165) is 5.56 Å². The van der Waals surface area contributed by atoms with Crippen LogP contribution in [0.3, 0.4) is 0 Å². The van der Waals surface area contributed by atoms with Crippen molar-refractivity contribution in [1.82, 2.24) is 19.8 Å². The highest BCUT2D eigenvalue weighted by Crippen LogP contribution is 2.35. The van der Waals surface area contributed by atoms with Gasteiger partial charge in [-0.15, -0.1) is 0 Å². The third-order valence-electron chi connectivity index (χ3n) is 6.49. The number of carbonyl (C=O) groups excluding carboxylic acids is 2. The fourth-order valence-corrected chi connectivity index (χ4v) is 4.65. The van der Waals surface area contributed by atoms with E-state index in [4.69, 9.17) is 4.74 Å². The summed E-state index contributed by atoms with van der Waals surface area (Å²) >= 11 is 0. The number of carbonyl (C=O) groups is 2. The summed E-state index contributed by atoms with van der Waals surface area (Å²) in [6, 6.07) is 9.93. The van der Waals surface area contributed by atoms with Crippen LogP contribution in [0.5, 0.6) is 0 Å². The van der Waals surface area contributed by atoms with Crippen LogP contribution in [0.15, 0.2) is 52.2 Å². The minimum atomic E-state index is -1.23. The van der Waals surface area contributed by atoms with Crippen LogP contribution in [0.1, 0.15) is 58.1 Å². The second-order valence-corrected chi connectivity index (χ2v) is 10.7. The van der Waals surface area contributed by atoms with E-state index in [1.807, 2.05) is 30.3 Å². The molecule has 0 radical (unpaired) electrons. The summed E-state index contributed by atoms with van der Waals surface area (Å²) in [7, 11) is 0. The number of benzene rings is 1. The molecule has 208 valence electrons. The van der Waals surface area contributed by atoms with Gasteiger partial charge in [-0.1, -0.05) is 30.3 Å². The van der Waals surface area contributed by atoms with E-state index in [1.54, 1.807) is 25.7 Å². The number of aromatic nitrogens is 2. The molecule has 0 aliphatic heterocycles. The van der Waals surface area contributed by atoms with Gasteiger partial charge in [0.05, 0.1) is 12.1 Å². The lowest BCUT2D eigenvalue weighted by atomic mass is 10.0. The zero-order chi connectivity index (χ0) is 27.9. The normalized spacial score (nSPS) is 21.2. The number of alkyl carbamates (subject to hydrolysis) is 1. The SMILES string of the molecule is CC(C)(C)OC(=O)NCCCCC(=O)N(Cc1ccccc1)C[C@@H]1C[C@@H](n2ccc(=O)[nH]c2=O)[C@@H](O)[C@@H]1O. The number of unbranched alkanes of at least 4 members (excludes halogenated alkanes) is 1. The topological polar surface area (TPSA) is 154 Å². The summed E-state index contributed by atoms with van der Waals surface area (Å²) < 4.78 is 6.43. The zero-order valence-corrected chi connectivity index (χ0v) is 22.1. The summed E-state index contributed by atoms with van der Waals surface area (Å²) in [4.78, 5) is 52.5. The lowest BCUT2D eigenvalue weighted by molar-refractivity contribution is -0.133. The highest BCUT2D eigenvalue weighted by atomic mass is 16.6. The molecule has 0 saturated heterocycles. The van der Waals surface area contributed by atoms with Crippen LogP contribution in [-0.4, -0.2) is 67.6 Å². The first kappa shape index (κ1) is 29.1. The van der Waals surface area contributed by atoms with Crippen molar-refractivity contribution >= 4 is 12.0 Å². The molecule has 4 atom stereocenters. The second kappa shape index (κ2) is 12.9. The van der Waals surface area contributed by atoms with Gasteiger partial charge in [0.15, 0.2) is 0 Å². The summed E-state index contributed by atoms with van der Waals surface area (Å²) in [5, 5.41) is 24.1. The second-order valence-electron chi connectivity index (χ2n) is 10.7. The summed E-state index contributed by atoms with van der Waals surface area (Å²) in [5.41, 5.74) is -0.863. The molecule has 1 fully saturated rings. The van der Waals surface area contributed by atoms with Crippen molar-refractivity contribution in [2.24, 2.45) is 5.92 Å². The Hall–Kier alpha value is -3.44. The van der Waals surface area contributed by atoms with Gasteiger partial charge >= 0.3 is 11.8 Å². The average molecular weight is 531 g/mol. The molecule has 11 heteroatoms. The highest BCUT2D eigenvalue weighted by Gasteiger charge is 2.43. The number of rotatable bonds is 10. The third kappa shape index (κ3) is 8.29. The number of H-pyrrole nitrogens is 1. The van der Waals surface area contributed by atoms with Gasteiger partial charge in [0.2, 0.25) is 5.91 Å². The lowest BCUT2D eigenvalue weighted by Crippen LogP contribution is -2.39. The fraction of sp³-hybridized carbons (Fsp3) is 0.556. The number of amides is 2. The zero-order valence-electron chi connectivity index (χ0n) is 22.1. The largest absolute Gasteiger partial charge is 0.444 e. The van der Waals surface area contributed by atoms with Crippen LogP contribution < -0.4 is 16.6 Å². The molecule has 1 aromatic heterocycles. The van der Waals surface area contributed by atoms with Crippen LogP contribution >= 0.6 is 0 Å². The number of ether oxygens (including phenoxy) is 1. The first-order valence-electron chi connectivity index (χ1n) is 12.9. The molecule has 1 aliphatic carbocycles. The molecule has 1 heterocycles. The van der Waals surface area contributed by atoms with Gasteiger partial charge < -0.3 is 25.2 Å². The predicted octanol–water partition coefficient (Wildman–Crippen LogP) is 1.54. The molecule has 38 heavy (non-hydrogen) atoms. The van der Waals surface area contributed by atoms with Crippen molar-refractivity contribution in [3.8, 4) is 0 Å². The maximum atomic E-state index is 13.2. The number of aliphatic hydroxyl groups is 2. The summed E-state index contributed by atoms with van der Waals surface area (Å²) in [6.07, 6.45) is 0.0714. The monoisotopic (exact) mass is 530 g/mol. The number of nitrogens with one attached hydrogen (secondary N) is 2. The Labute approximate surface area is 221 Å². The Balaban J connectivity index is 1.62. The summed E-state index contributed by atoms with van der Waals surface area (Å²) in [5.74, 6) is -0.590. The van der Waals surface area contributed by atoms with E-state index in [2.05, 4.69) is 10.3 Å². The fourth-order valence-electron chi connectivity index (χ4n) is 4.65. The molecule has 2 amide bonds. The Morgan fingerprint density at radius 1 is 1.11 bits per heavy atom. The first-order chi connectivity index (χ1) is 17.9. The minimum absolute atomic E-state index is 0.113. The van der Waals surface area contributed by atoms with Crippen LogP contribution in [0.2, 0.25) is 0 Å². The van der Waals surface area contributed by atoms with Crippen molar-refractivity contribution in [1.29, 1.82) is 0 Å². The van der Waals surface area contributed by atoms with E-state index >= 15 is 0 Å². The van der Waals surface area contributed by atoms with Gasteiger partial charge in [-0.05, 0) is 45.6 Å². The average Bonchev–Trinajstić information content (AvgIpc) is 3.11. The Morgan fingerprint density at radius 2 is 1.82 bits per heavy atom. The van der Waals surface area contributed by atoms with Crippen LogP contribution in [0.4, 0.5) is 4.79 Å². The van der Waals surface area contributed by atoms with Crippen molar-refractivity contribution in [2.75, 3.05) is 13.1 Å². The van der Waals surface area contributed by atoms with Gasteiger partial charge in [-0.3, -0.25) is 19.1 Å². The van der Waals surface area contributed by atoms with Crippen molar-refractivity contribution < 1.29 is 24.5 Å². The summed E-state index contributed by atoms with van der Waals surface area (Å²) in [6.45, 7) is 6.26. The maximum Gasteiger partial charge on any atom is 0.407 e. The van der Waals surface area contributed by atoms with Gasteiger partial charge in [-0.25, -0.2) is 9.59 Å². The number of aliphatic hydroxyl groups excluding tert-OH is 2. The standard InChI is InChI=1S/C27H38N4O7/c1-27(2,3)38-26(37)28-13-8-7-11-22(33)30(16-18-9-5-4-6-10-18)17-19-15-20(24(35)23(19)34)31-14-12-21(32)29-25(31)36/h4-6,9-10,12,14,19-20,23-24,34-35H,7-8,11,13,15-17H2,1-3H3,(H,28,37)(H,29,32,36)/t19-,20+,23+,24+/m0/s1. The number of hydrogen-bond donors (Lipinski definition) is 4. The molecule has 2 aromatic rings. The van der Waals surface area contributed by atoms with Crippen molar-refractivity contribution in [3.05, 3.63) is 69.0 Å². The van der Waals surface area contributed by atoms with Gasteiger partial charge in [-0.2, -0.15) is 0 Å². The van der Waals surface area contributed by atoms with E-state index < -0.39 is 47.1 Å².